The summed E-state index contributed by atoms with van der Waals surface area (Å²) < 4.78 is 6.16. The average molecular weight is 682 g/mol. The van der Waals surface area contributed by atoms with Gasteiger partial charge in [0, 0.05) is 23.8 Å². The molecule has 0 amide bonds. The number of rotatable bonds is 10. The molecule has 6 aliphatic carbocycles. The molecule has 0 aliphatic heterocycles. The lowest BCUT2D eigenvalue weighted by Crippen LogP contribution is -2.66. The summed E-state index contributed by atoms with van der Waals surface area (Å²) in [6.45, 7) is 21.3. The fraction of sp³-hybridized carbons (Fsp3) is 0.881. The zero-order chi connectivity index (χ0) is 35.9. The third-order valence-corrected chi connectivity index (χ3v) is 16.5. The third-order valence-electron chi connectivity index (χ3n) is 16.5. The monoisotopic (exact) mass is 681 g/mol. The molecule has 49 heavy (non-hydrogen) atoms. The number of carbonyl (C=O) groups is 3. The number of ether oxygens (including phenoxy) is 1. The number of nitrogens with one attached hydrogen (secondary N) is 1. The van der Waals surface area contributed by atoms with Crippen LogP contribution < -0.4 is 5.32 Å². The van der Waals surface area contributed by atoms with Crippen molar-refractivity contribution in [3.8, 4) is 0 Å². The number of Topliss-reactive ketones (excluding diaryl/α,β-unsaturated/α-hetero) is 1. The van der Waals surface area contributed by atoms with Gasteiger partial charge in [-0.3, -0.25) is 14.4 Å². The van der Waals surface area contributed by atoms with Crippen molar-refractivity contribution in [3.63, 3.8) is 0 Å². The van der Waals surface area contributed by atoms with Crippen molar-refractivity contribution < 1.29 is 29.3 Å². The molecule has 0 aromatic rings. The lowest BCUT2D eigenvalue weighted by Gasteiger charge is -2.72. The number of aliphatic hydroxyl groups is 1. The minimum Gasteiger partial charge on any atom is -0.481 e. The highest BCUT2D eigenvalue weighted by atomic mass is 16.5. The molecular formula is C42H67NO6. The molecule has 276 valence electrons. The van der Waals surface area contributed by atoms with Crippen LogP contribution in [-0.2, 0) is 19.1 Å². The van der Waals surface area contributed by atoms with E-state index in [1.54, 1.807) is 13.8 Å². The molecule has 6 rings (SSSR count). The number of hydrogen-bond donors (Lipinski definition) is 3. The van der Waals surface area contributed by atoms with E-state index in [4.69, 9.17) is 4.74 Å². The Morgan fingerprint density at radius 1 is 0.918 bits per heavy atom. The number of aliphatic hydroxyl groups excluding tert-OH is 1. The zero-order valence-electron chi connectivity index (χ0n) is 32.2. The summed E-state index contributed by atoms with van der Waals surface area (Å²) in [6, 6.07) is 0. The maximum Gasteiger partial charge on any atom is 0.309 e. The van der Waals surface area contributed by atoms with Crippen molar-refractivity contribution >= 4 is 17.7 Å². The van der Waals surface area contributed by atoms with Crippen LogP contribution in [0.3, 0.4) is 0 Å². The van der Waals surface area contributed by atoms with Gasteiger partial charge in [-0.05, 0) is 136 Å². The molecule has 0 aromatic carbocycles. The lowest BCUT2D eigenvalue weighted by molar-refractivity contribution is -0.235. The molecule has 1 unspecified atom stereocenters. The number of ketones is 1. The molecule has 3 N–H and O–H groups in total. The molecule has 6 aliphatic rings. The lowest BCUT2D eigenvalue weighted by atomic mass is 9.33. The quantitative estimate of drug-likeness (QED) is 0.200. The van der Waals surface area contributed by atoms with Crippen molar-refractivity contribution in [2.45, 2.75) is 158 Å². The third kappa shape index (κ3) is 5.60. The van der Waals surface area contributed by atoms with Gasteiger partial charge in [-0.2, -0.15) is 0 Å². The number of carboxylic acids is 1. The Balaban J connectivity index is 1.26. The normalized spacial score (nSPS) is 40.9. The van der Waals surface area contributed by atoms with Gasteiger partial charge in [0.05, 0.1) is 17.9 Å². The summed E-state index contributed by atoms with van der Waals surface area (Å²) in [5.74, 6) is 0.977. The van der Waals surface area contributed by atoms with Gasteiger partial charge in [-0.1, -0.05) is 60.5 Å². The SMILES string of the molecule is CC(C)C1=C2[C@H]3CC[C@@H]4[C@@]5(C)CC[C@H](OC(=O)CC(C)(C)C(=O)O)C(C)(C)[C@@H]5CC[C@@]4(C)[C@]3(C)CC[C@@]2(C(O)CNCC2CCC2)CC1=O. The van der Waals surface area contributed by atoms with E-state index in [9.17, 15) is 24.6 Å². The summed E-state index contributed by atoms with van der Waals surface area (Å²) >= 11 is 0. The van der Waals surface area contributed by atoms with Crippen LogP contribution in [0, 0.1) is 62.1 Å². The van der Waals surface area contributed by atoms with Crippen LogP contribution in [0.25, 0.3) is 0 Å². The van der Waals surface area contributed by atoms with E-state index < -0.39 is 28.9 Å². The van der Waals surface area contributed by atoms with Crippen molar-refractivity contribution in [1.82, 2.24) is 5.32 Å². The van der Waals surface area contributed by atoms with Crippen LogP contribution >= 0.6 is 0 Å². The first-order valence-corrected chi connectivity index (χ1v) is 19.8. The molecule has 0 aromatic heterocycles. The van der Waals surface area contributed by atoms with Gasteiger partial charge < -0.3 is 20.3 Å². The highest BCUT2D eigenvalue weighted by Crippen LogP contribution is 2.77. The number of esters is 1. The van der Waals surface area contributed by atoms with Gasteiger partial charge in [-0.25, -0.2) is 0 Å². The van der Waals surface area contributed by atoms with E-state index in [0.717, 1.165) is 69.4 Å². The van der Waals surface area contributed by atoms with E-state index in [-0.39, 0.29) is 45.9 Å². The Kier molecular flexibility index (Phi) is 9.41. The Hall–Kier alpha value is -1.73. The molecule has 0 bridgehead atoms. The van der Waals surface area contributed by atoms with E-state index in [1.807, 2.05) is 0 Å². The minimum atomic E-state index is -1.15. The minimum absolute atomic E-state index is 0.0302. The maximum atomic E-state index is 13.9. The molecular weight excluding hydrogens is 614 g/mol. The van der Waals surface area contributed by atoms with Crippen LogP contribution in [0.5, 0.6) is 0 Å². The van der Waals surface area contributed by atoms with Gasteiger partial charge in [0.25, 0.3) is 0 Å². The fourth-order valence-electron chi connectivity index (χ4n) is 13.2. The highest BCUT2D eigenvalue weighted by molar-refractivity contribution is 6.00. The Morgan fingerprint density at radius 2 is 1.61 bits per heavy atom. The number of carboxylic acid groups (broad SMARTS) is 1. The second-order valence-corrected chi connectivity index (χ2v) is 20.0. The summed E-state index contributed by atoms with van der Waals surface area (Å²) in [6.07, 6.45) is 11.5. The summed E-state index contributed by atoms with van der Waals surface area (Å²) in [4.78, 5) is 38.7. The van der Waals surface area contributed by atoms with Gasteiger partial charge in [-0.15, -0.1) is 0 Å². The van der Waals surface area contributed by atoms with E-state index >= 15 is 0 Å². The van der Waals surface area contributed by atoms with Gasteiger partial charge in [0.15, 0.2) is 5.78 Å². The van der Waals surface area contributed by atoms with Crippen LogP contribution in [0.1, 0.15) is 146 Å². The van der Waals surface area contributed by atoms with Gasteiger partial charge in [0.2, 0.25) is 0 Å². The first-order valence-electron chi connectivity index (χ1n) is 19.8. The number of hydrogen-bond acceptors (Lipinski definition) is 6. The van der Waals surface area contributed by atoms with Crippen LogP contribution in [0.15, 0.2) is 11.1 Å². The number of fused-ring (bicyclic) bond motifs is 7. The van der Waals surface area contributed by atoms with Crippen molar-refractivity contribution in [2.24, 2.45) is 62.1 Å². The number of carbonyl (C=O) groups excluding carboxylic acids is 2. The first kappa shape index (κ1) is 37.0. The topological polar surface area (TPSA) is 113 Å². The second-order valence-electron chi connectivity index (χ2n) is 20.0. The summed E-state index contributed by atoms with van der Waals surface area (Å²) in [5.41, 5.74) is 0.760. The van der Waals surface area contributed by atoms with Gasteiger partial charge in [0.1, 0.15) is 6.10 Å². The van der Waals surface area contributed by atoms with E-state index in [0.29, 0.717) is 30.7 Å². The molecule has 0 spiro atoms. The van der Waals surface area contributed by atoms with Crippen LogP contribution in [-0.4, -0.2) is 53.2 Å². The molecule has 0 saturated heterocycles. The van der Waals surface area contributed by atoms with E-state index in [1.165, 1.54) is 24.8 Å². The molecule has 7 heteroatoms. The Bertz CT molecular complexity index is 1380. The van der Waals surface area contributed by atoms with Crippen molar-refractivity contribution in [2.75, 3.05) is 13.1 Å². The molecule has 0 radical (unpaired) electrons. The summed E-state index contributed by atoms with van der Waals surface area (Å²) in [5, 5.41) is 25.3. The van der Waals surface area contributed by atoms with Crippen molar-refractivity contribution in [1.29, 1.82) is 0 Å². The predicted molar refractivity (Wildman–Crippen MR) is 192 cm³/mol. The second kappa shape index (κ2) is 12.5. The van der Waals surface area contributed by atoms with Crippen LogP contribution in [0.2, 0.25) is 0 Å². The number of allylic oxidation sites excluding steroid dienone is 1. The first-order chi connectivity index (χ1) is 22.7. The number of aliphatic carboxylic acids is 1. The highest BCUT2D eigenvalue weighted by Gasteiger charge is 2.70. The van der Waals surface area contributed by atoms with Crippen molar-refractivity contribution in [3.05, 3.63) is 11.1 Å². The smallest absolute Gasteiger partial charge is 0.309 e. The molecule has 5 saturated carbocycles. The zero-order valence-corrected chi connectivity index (χ0v) is 32.2. The summed E-state index contributed by atoms with van der Waals surface area (Å²) in [7, 11) is 0. The maximum absolute atomic E-state index is 13.9. The largest absolute Gasteiger partial charge is 0.481 e. The Labute approximate surface area is 296 Å². The fourth-order valence-corrected chi connectivity index (χ4v) is 13.2. The molecule has 9 atom stereocenters. The molecule has 0 heterocycles. The standard InChI is InChI=1S/C42H67NO6/c1-25(2)34-28(44)21-42(31(45)24-43-23-26-11-10-12-26)20-19-40(8)27(35(34)42)13-14-30-39(7)17-16-32(49-33(46)22-37(3,4)36(47)48)38(5,6)29(39)15-18-41(30,40)9/h25-27,29-32,43,45H,10-24H2,1-9H3,(H,47,48)/t27-,29+,30-,31?,32+,39+,40-,41-,42+/m1/s1. The average Bonchev–Trinajstić information content (AvgIpc) is 3.29. The predicted octanol–water partition coefficient (Wildman–Crippen LogP) is 8.13. The molecule has 7 nitrogen and oxygen atoms in total. The van der Waals surface area contributed by atoms with Gasteiger partial charge >= 0.3 is 11.9 Å². The van der Waals surface area contributed by atoms with Crippen LogP contribution in [0.4, 0.5) is 0 Å². The Morgan fingerprint density at radius 3 is 2.22 bits per heavy atom. The van der Waals surface area contributed by atoms with E-state index in [2.05, 4.69) is 53.8 Å². The molecule has 5 fully saturated rings.